The summed E-state index contributed by atoms with van der Waals surface area (Å²) < 4.78 is 2.38. The van der Waals surface area contributed by atoms with Crippen molar-refractivity contribution in [1.29, 1.82) is 0 Å². The van der Waals surface area contributed by atoms with Gasteiger partial charge in [0, 0.05) is 31.5 Å². The summed E-state index contributed by atoms with van der Waals surface area (Å²) in [6.45, 7) is 1.43. The number of rotatable bonds is 3. The second kappa shape index (κ2) is 6.32. The van der Waals surface area contributed by atoms with E-state index < -0.39 is 0 Å². The number of halogens is 1. The summed E-state index contributed by atoms with van der Waals surface area (Å²) in [6, 6.07) is 7.64. The van der Waals surface area contributed by atoms with Gasteiger partial charge in [0.15, 0.2) is 5.65 Å². The number of hydrogen-bond acceptors (Lipinski definition) is 5. The fraction of sp³-hybridized carbons (Fsp3) is 0.250. The number of hydrogen-bond donors (Lipinski definition) is 2. The first-order valence-corrected chi connectivity index (χ1v) is 8.68. The monoisotopic (exact) mass is 401 g/mol. The maximum Gasteiger partial charge on any atom is 0.321 e. The number of carbonyl (C=O) groups excluding carboxylic acids is 1. The third-order valence-corrected chi connectivity index (χ3v) is 4.63. The summed E-state index contributed by atoms with van der Waals surface area (Å²) in [5.74, 6) is 0.658. The molecular formula is C16H16BrN7O. The highest BCUT2D eigenvalue weighted by molar-refractivity contribution is 9.10. The van der Waals surface area contributed by atoms with E-state index in [1.54, 1.807) is 9.58 Å². The van der Waals surface area contributed by atoms with Crippen molar-refractivity contribution in [3.05, 3.63) is 35.2 Å². The average Bonchev–Trinajstić information content (AvgIpc) is 2.91. The van der Waals surface area contributed by atoms with Crippen LogP contribution in [-0.4, -0.2) is 38.9 Å². The minimum Gasteiger partial charge on any atom is -0.339 e. The zero-order valence-electron chi connectivity index (χ0n) is 13.5. The van der Waals surface area contributed by atoms with Gasteiger partial charge in [-0.3, -0.25) is 4.90 Å². The van der Waals surface area contributed by atoms with Crippen LogP contribution in [0.3, 0.4) is 0 Å². The maximum absolute atomic E-state index is 12.0. The van der Waals surface area contributed by atoms with Crippen LogP contribution in [0.15, 0.2) is 35.2 Å². The van der Waals surface area contributed by atoms with Crippen LogP contribution in [-0.2, 0) is 7.05 Å². The molecular weight excluding hydrogens is 386 g/mol. The number of nitrogens with zero attached hydrogens (tertiary/aromatic N) is 5. The number of aromatic nitrogens is 4. The fourth-order valence-corrected chi connectivity index (χ4v) is 3.50. The molecule has 0 saturated carbocycles. The van der Waals surface area contributed by atoms with Crippen LogP contribution in [0.5, 0.6) is 0 Å². The predicted molar refractivity (Wildman–Crippen MR) is 99.1 cm³/mol. The highest BCUT2D eigenvalue weighted by Gasteiger charge is 2.19. The van der Waals surface area contributed by atoms with Gasteiger partial charge in [-0.1, -0.05) is 6.07 Å². The topological polar surface area (TPSA) is 88.0 Å². The smallest absolute Gasteiger partial charge is 0.321 e. The van der Waals surface area contributed by atoms with Crippen LogP contribution in [0.1, 0.15) is 6.42 Å². The lowest BCUT2D eigenvalue weighted by atomic mass is 10.2. The van der Waals surface area contributed by atoms with Gasteiger partial charge in [0.1, 0.15) is 16.7 Å². The summed E-state index contributed by atoms with van der Waals surface area (Å²) in [7, 11) is 1.83. The van der Waals surface area contributed by atoms with E-state index in [1.165, 1.54) is 6.33 Å². The molecule has 0 spiro atoms. The van der Waals surface area contributed by atoms with Crippen LogP contribution in [0, 0.1) is 0 Å². The molecule has 0 radical (unpaired) electrons. The molecule has 25 heavy (non-hydrogen) atoms. The zero-order valence-corrected chi connectivity index (χ0v) is 15.1. The van der Waals surface area contributed by atoms with E-state index in [9.17, 15) is 4.79 Å². The number of amides is 2. The van der Waals surface area contributed by atoms with Crippen molar-refractivity contribution >= 4 is 50.2 Å². The Balaban J connectivity index is 1.68. The molecule has 1 aliphatic rings. The Bertz CT molecular complexity index is 955. The molecule has 3 heterocycles. The molecule has 1 saturated heterocycles. The second-order valence-corrected chi connectivity index (χ2v) is 6.50. The van der Waals surface area contributed by atoms with Gasteiger partial charge in [-0.2, -0.15) is 5.10 Å². The average molecular weight is 402 g/mol. The zero-order chi connectivity index (χ0) is 17.4. The van der Waals surface area contributed by atoms with Gasteiger partial charge in [-0.25, -0.2) is 19.4 Å². The number of urea groups is 1. The number of nitrogens with one attached hydrogen (secondary N) is 2. The summed E-state index contributed by atoms with van der Waals surface area (Å²) in [5.41, 5.74) is 2.42. The van der Waals surface area contributed by atoms with E-state index in [2.05, 4.69) is 41.6 Å². The van der Waals surface area contributed by atoms with Crippen molar-refractivity contribution in [3.63, 3.8) is 0 Å². The Morgan fingerprint density at radius 3 is 3.04 bits per heavy atom. The molecule has 3 aromatic rings. The van der Waals surface area contributed by atoms with E-state index in [0.29, 0.717) is 17.0 Å². The molecule has 2 amide bonds. The quantitative estimate of drug-likeness (QED) is 0.704. The molecule has 8 nitrogen and oxygen atoms in total. The first-order valence-electron chi connectivity index (χ1n) is 7.89. The molecule has 0 unspecified atom stereocenters. The van der Waals surface area contributed by atoms with Gasteiger partial charge in [0.05, 0.1) is 5.39 Å². The largest absolute Gasteiger partial charge is 0.339 e. The van der Waals surface area contributed by atoms with Crippen LogP contribution < -0.4 is 15.5 Å². The Labute approximate surface area is 152 Å². The molecule has 0 atom stereocenters. The van der Waals surface area contributed by atoms with Crippen molar-refractivity contribution in [2.75, 3.05) is 23.3 Å². The molecule has 2 aromatic heterocycles. The first-order chi connectivity index (χ1) is 12.1. The lowest BCUT2D eigenvalue weighted by molar-refractivity contribution is 0.243. The molecule has 2 N–H and O–H groups in total. The van der Waals surface area contributed by atoms with Crippen LogP contribution in [0.2, 0.25) is 0 Å². The number of carbonyl (C=O) groups is 1. The van der Waals surface area contributed by atoms with Gasteiger partial charge < -0.3 is 10.6 Å². The number of fused-ring (bicyclic) bond motifs is 1. The first kappa shape index (κ1) is 15.8. The molecule has 0 bridgehead atoms. The molecule has 128 valence electrons. The van der Waals surface area contributed by atoms with E-state index >= 15 is 0 Å². The van der Waals surface area contributed by atoms with Crippen LogP contribution >= 0.6 is 15.9 Å². The van der Waals surface area contributed by atoms with Crippen molar-refractivity contribution in [2.45, 2.75) is 6.42 Å². The van der Waals surface area contributed by atoms with E-state index in [-0.39, 0.29) is 6.03 Å². The maximum atomic E-state index is 12.0. The third kappa shape index (κ3) is 2.91. The molecule has 4 rings (SSSR count). The van der Waals surface area contributed by atoms with E-state index in [0.717, 1.165) is 35.4 Å². The predicted octanol–water partition coefficient (Wildman–Crippen LogP) is 2.79. The van der Waals surface area contributed by atoms with Crippen molar-refractivity contribution < 1.29 is 4.79 Å². The van der Waals surface area contributed by atoms with Crippen LogP contribution in [0.25, 0.3) is 11.0 Å². The van der Waals surface area contributed by atoms with Gasteiger partial charge >= 0.3 is 6.03 Å². The van der Waals surface area contributed by atoms with Gasteiger partial charge in [-0.05, 0) is 40.5 Å². The highest BCUT2D eigenvalue weighted by atomic mass is 79.9. The normalized spacial score (nSPS) is 14.6. The lowest BCUT2D eigenvalue weighted by Crippen LogP contribution is -2.46. The Morgan fingerprint density at radius 1 is 1.32 bits per heavy atom. The van der Waals surface area contributed by atoms with Crippen molar-refractivity contribution in [3.8, 4) is 0 Å². The van der Waals surface area contributed by atoms with Gasteiger partial charge in [0.25, 0.3) is 0 Å². The number of aryl methyl sites for hydroxylation is 1. The van der Waals surface area contributed by atoms with Crippen molar-refractivity contribution in [2.24, 2.45) is 7.05 Å². The fourth-order valence-electron chi connectivity index (χ4n) is 2.90. The summed E-state index contributed by atoms with van der Waals surface area (Å²) in [5, 5.41) is 11.3. The number of benzene rings is 1. The Hall–Kier alpha value is -2.68. The van der Waals surface area contributed by atoms with Crippen LogP contribution in [0.4, 0.5) is 22.0 Å². The van der Waals surface area contributed by atoms with Gasteiger partial charge in [0.2, 0.25) is 0 Å². The highest BCUT2D eigenvalue weighted by Crippen LogP contribution is 2.30. The summed E-state index contributed by atoms with van der Waals surface area (Å²) in [4.78, 5) is 22.4. The standard InChI is InChI=1S/C16H16BrN7O/c1-23-15-12(13(17)22-23)14(19-9-20-15)21-10-4-2-5-11(8-10)24-7-3-6-18-16(24)25/h2,4-5,8-9H,3,6-7H2,1H3,(H,18,25)(H,19,20,21). The van der Waals surface area contributed by atoms with Crippen molar-refractivity contribution in [1.82, 2.24) is 25.1 Å². The molecule has 0 aliphatic carbocycles. The Kier molecular flexibility index (Phi) is 4.00. The van der Waals surface area contributed by atoms with Gasteiger partial charge in [-0.15, -0.1) is 0 Å². The minimum atomic E-state index is -0.0668. The molecule has 9 heteroatoms. The molecule has 1 fully saturated rings. The lowest BCUT2D eigenvalue weighted by Gasteiger charge is -2.27. The molecule has 1 aliphatic heterocycles. The SMILES string of the molecule is Cn1nc(Br)c2c(Nc3cccc(N4CCCNC4=O)c3)ncnc21. The summed E-state index contributed by atoms with van der Waals surface area (Å²) >= 11 is 3.45. The minimum absolute atomic E-state index is 0.0668. The molecule has 1 aromatic carbocycles. The summed E-state index contributed by atoms with van der Waals surface area (Å²) in [6.07, 6.45) is 2.43. The third-order valence-electron chi connectivity index (χ3n) is 4.08. The Morgan fingerprint density at radius 2 is 2.20 bits per heavy atom. The second-order valence-electron chi connectivity index (χ2n) is 5.75. The number of anilines is 3. The van der Waals surface area contributed by atoms with E-state index in [1.807, 2.05) is 31.3 Å². The van der Waals surface area contributed by atoms with E-state index in [4.69, 9.17) is 0 Å².